The Morgan fingerprint density at radius 1 is 1.19 bits per heavy atom. The van der Waals surface area contributed by atoms with Crippen molar-refractivity contribution in [3.05, 3.63) is 36.2 Å². The van der Waals surface area contributed by atoms with Crippen molar-refractivity contribution in [2.45, 2.75) is 26.1 Å². The lowest BCUT2D eigenvalue weighted by Crippen LogP contribution is -2.12. The molecule has 3 N–H and O–H groups in total. The monoisotopic (exact) mass is 380 g/mol. The summed E-state index contributed by atoms with van der Waals surface area (Å²) in [6, 6.07) is 5.21. The number of para-hydroxylation sites is 1. The van der Waals surface area contributed by atoms with E-state index in [4.69, 9.17) is 5.11 Å². The smallest absolute Gasteiger partial charge is 0.395 e. The van der Waals surface area contributed by atoms with Gasteiger partial charge in [-0.1, -0.05) is 12.1 Å². The van der Waals surface area contributed by atoms with E-state index in [9.17, 15) is 13.2 Å². The van der Waals surface area contributed by atoms with E-state index in [1.54, 1.807) is 10.9 Å². The molecule has 2 heterocycles. The van der Waals surface area contributed by atoms with Crippen LogP contribution in [-0.4, -0.2) is 37.8 Å². The van der Waals surface area contributed by atoms with Crippen molar-refractivity contribution >= 4 is 28.6 Å². The molecular formula is C17H19F3N6O. The predicted molar refractivity (Wildman–Crippen MR) is 96.0 cm³/mol. The van der Waals surface area contributed by atoms with Crippen LogP contribution in [-0.2, 0) is 6.18 Å². The summed E-state index contributed by atoms with van der Waals surface area (Å²) in [5.74, 6) is 0.336. The topological polar surface area (TPSA) is 87.9 Å². The fourth-order valence-electron chi connectivity index (χ4n) is 2.60. The van der Waals surface area contributed by atoms with Gasteiger partial charge in [-0.2, -0.15) is 23.1 Å². The lowest BCUT2D eigenvalue weighted by Gasteiger charge is -2.15. The zero-order valence-corrected chi connectivity index (χ0v) is 14.7. The number of fused-ring (bicyclic) bond motifs is 1. The van der Waals surface area contributed by atoms with Gasteiger partial charge in [0.1, 0.15) is 0 Å². The lowest BCUT2D eigenvalue weighted by atomic mass is 10.1. The fourth-order valence-corrected chi connectivity index (χ4v) is 2.60. The number of halogens is 3. The summed E-state index contributed by atoms with van der Waals surface area (Å²) in [7, 11) is 0. The summed E-state index contributed by atoms with van der Waals surface area (Å²) in [5, 5.41) is 14.6. The molecule has 0 aliphatic carbocycles. The van der Waals surface area contributed by atoms with Crippen LogP contribution in [0.3, 0.4) is 0 Å². The van der Waals surface area contributed by atoms with Crippen LogP contribution in [0.5, 0.6) is 0 Å². The number of benzene rings is 1. The van der Waals surface area contributed by atoms with E-state index in [1.165, 1.54) is 18.2 Å². The maximum absolute atomic E-state index is 13.3. The normalized spacial score (nSPS) is 12.0. The summed E-state index contributed by atoms with van der Waals surface area (Å²) in [4.78, 5) is 12.9. The molecule has 3 aromatic rings. The first kappa shape index (κ1) is 18.9. The van der Waals surface area contributed by atoms with Gasteiger partial charge in [-0.25, -0.2) is 4.98 Å². The SMILES string of the molecule is CC(C)n1cnc2c(Nc3ccccc3C(F)(F)F)nc(NCCO)nc21. The van der Waals surface area contributed by atoms with E-state index in [0.717, 1.165) is 6.07 Å². The van der Waals surface area contributed by atoms with Gasteiger partial charge in [-0.3, -0.25) is 0 Å². The molecule has 0 aliphatic rings. The van der Waals surface area contributed by atoms with E-state index >= 15 is 0 Å². The zero-order valence-electron chi connectivity index (χ0n) is 14.7. The molecule has 0 aliphatic heterocycles. The summed E-state index contributed by atoms with van der Waals surface area (Å²) >= 11 is 0. The maximum atomic E-state index is 13.3. The molecule has 1 aromatic carbocycles. The molecule has 27 heavy (non-hydrogen) atoms. The number of hydrogen-bond acceptors (Lipinski definition) is 6. The molecule has 7 nitrogen and oxygen atoms in total. The van der Waals surface area contributed by atoms with Crippen LogP contribution in [0.15, 0.2) is 30.6 Å². The molecule has 0 saturated heterocycles. The summed E-state index contributed by atoms with van der Waals surface area (Å²) in [6.07, 6.45) is -2.94. The molecule has 0 radical (unpaired) electrons. The zero-order chi connectivity index (χ0) is 19.6. The van der Waals surface area contributed by atoms with Gasteiger partial charge in [-0.05, 0) is 26.0 Å². The van der Waals surface area contributed by atoms with Gasteiger partial charge in [0.05, 0.1) is 24.2 Å². The number of alkyl halides is 3. The highest BCUT2D eigenvalue weighted by molar-refractivity contribution is 5.87. The predicted octanol–water partition coefficient (Wildman–Crippen LogP) is 3.57. The molecular weight excluding hydrogens is 361 g/mol. The molecule has 0 fully saturated rings. The van der Waals surface area contributed by atoms with Gasteiger partial charge < -0.3 is 20.3 Å². The molecule has 0 atom stereocenters. The van der Waals surface area contributed by atoms with Crippen LogP contribution in [0.4, 0.5) is 30.6 Å². The first-order valence-corrected chi connectivity index (χ1v) is 8.34. The maximum Gasteiger partial charge on any atom is 0.418 e. The minimum Gasteiger partial charge on any atom is -0.395 e. The Bertz CT molecular complexity index is 938. The van der Waals surface area contributed by atoms with Gasteiger partial charge >= 0.3 is 6.18 Å². The van der Waals surface area contributed by atoms with Crippen LogP contribution >= 0.6 is 0 Å². The average Bonchev–Trinajstić information content (AvgIpc) is 3.04. The number of anilines is 3. The van der Waals surface area contributed by atoms with Crippen molar-refractivity contribution in [3.63, 3.8) is 0 Å². The van der Waals surface area contributed by atoms with E-state index < -0.39 is 11.7 Å². The van der Waals surface area contributed by atoms with Crippen molar-refractivity contribution in [1.82, 2.24) is 19.5 Å². The second-order valence-electron chi connectivity index (χ2n) is 6.13. The highest BCUT2D eigenvalue weighted by Crippen LogP contribution is 2.36. The summed E-state index contributed by atoms with van der Waals surface area (Å²) in [6.45, 7) is 3.95. The van der Waals surface area contributed by atoms with Crippen molar-refractivity contribution in [1.29, 1.82) is 0 Å². The molecule has 2 aromatic heterocycles. The molecule has 0 saturated carbocycles. The number of aliphatic hydroxyl groups excluding tert-OH is 1. The molecule has 144 valence electrons. The molecule has 10 heteroatoms. The van der Waals surface area contributed by atoms with E-state index in [1.807, 2.05) is 13.8 Å². The number of hydrogen-bond donors (Lipinski definition) is 3. The molecule has 0 amide bonds. The lowest BCUT2D eigenvalue weighted by molar-refractivity contribution is -0.136. The van der Waals surface area contributed by atoms with Gasteiger partial charge in [0.2, 0.25) is 5.95 Å². The standard InChI is InChI=1S/C17H19F3N6O/c1-10(2)26-9-22-13-14(24-16(21-7-8-27)25-15(13)26)23-12-6-4-3-5-11(12)17(18,19)20/h3-6,9-10,27H,7-8H2,1-2H3,(H2,21,23,24,25). The van der Waals surface area contributed by atoms with Crippen molar-refractivity contribution < 1.29 is 18.3 Å². The van der Waals surface area contributed by atoms with E-state index in [-0.39, 0.29) is 36.6 Å². The number of rotatable bonds is 6. The quantitative estimate of drug-likeness (QED) is 0.606. The highest BCUT2D eigenvalue weighted by Gasteiger charge is 2.33. The third kappa shape index (κ3) is 3.95. The first-order chi connectivity index (χ1) is 12.8. The van der Waals surface area contributed by atoms with Crippen LogP contribution < -0.4 is 10.6 Å². The van der Waals surface area contributed by atoms with E-state index in [0.29, 0.717) is 11.2 Å². The second-order valence-corrected chi connectivity index (χ2v) is 6.13. The Balaban J connectivity index is 2.11. The number of aromatic nitrogens is 4. The Morgan fingerprint density at radius 2 is 1.93 bits per heavy atom. The third-order valence-electron chi connectivity index (χ3n) is 3.86. The Hall–Kier alpha value is -2.88. The van der Waals surface area contributed by atoms with Crippen LogP contribution in [0.1, 0.15) is 25.5 Å². The number of nitrogens with one attached hydrogen (secondary N) is 2. The van der Waals surface area contributed by atoms with Crippen molar-refractivity contribution in [2.75, 3.05) is 23.8 Å². The Labute approximate surface area is 153 Å². The molecule has 3 rings (SSSR count). The average molecular weight is 380 g/mol. The summed E-state index contributed by atoms with van der Waals surface area (Å²) in [5.41, 5.74) is -0.0928. The van der Waals surface area contributed by atoms with Gasteiger partial charge in [0.15, 0.2) is 17.0 Å². The van der Waals surface area contributed by atoms with Crippen molar-refractivity contribution in [3.8, 4) is 0 Å². The highest BCUT2D eigenvalue weighted by atomic mass is 19.4. The number of imidazole rings is 1. The van der Waals surface area contributed by atoms with Crippen LogP contribution in [0.2, 0.25) is 0 Å². The first-order valence-electron chi connectivity index (χ1n) is 8.34. The van der Waals surface area contributed by atoms with Gasteiger partial charge in [0, 0.05) is 12.6 Å². The number of nitrogens with zero attached hydrogens (tertiary/aromatic N) is 4. The van der Waals surface area contributed by atoms with Crippen molar-refractivity contribution in [2.24, 2.45) is 0 Å². The summed E-state index contributed by atoms with van der Waals surface area (Å²) < 4.78 is 41.7. The number of aliphatic hydroxyl groups is 1. The largest absolute Gasteiger partial charge is 0.418 e. The van der Waals surface area contributed by atoms with Crippen LogP contribution in [0, 0.1) is 0 Å². The minimum atomic E-state index is -4.51. The third-order valence-corrected chi connectivity index (χ3v) is 3.86. The minimum absolute atomic E-state index is 0.0471. The molecule has 0 bridgehead atoms. The van der Waals surface area contributed by atoms with Gasteiger partial charge in [0.25, 0.3) is 0 Å². The Kier molecular flexibility index (Phi) is 5.17. The Morgan fingerprint density at radius 3 is 2.59 bits per heavy atom. The second kappa shape index (κ2) is 7.39. The van der Waals surface area contributed by atoms with Crippen LogP contribution in [0.25, 0.3) is 11.2 Å². The van der Waals surface area contributed by atoms with E-state index in [2.05, 4.69) is 25.6 Å². The van der Waals surface area contributed by atoms with Gasteiger partial charge in [-0.15, -0.1) is 0 Å². The fraction of sp³-hybridized carbons (Fsp3) is 0.353. The molecule has 0 spiro atoms. The molecule has 0 unspecified atom stereocenters.